The van der Waals surface area contributed by atoms with E-state index in [1.807, 2.05) is 17.6 Å². The lowest BCUT2D eigenvalue weighted by Crippen LogP contribution is -2.09. The van der Waals surface area contributed by atoms with E-state index in [0.717, 1.165) is 5.56 Å². The Bertz CT molecular complexity index is 1470. The van der Waals surface area contributed by atoms with Crippen LogP contribution in [0, 0.1) is 0 Å². The van der Waals surface area contributed by atoms with Crippen molar-refractivity contribution in [2.45, 2.75) is 19.9 Å². The molecule has 0 saturated carbocycles. The lowest BCUT2D eigenvalue weighted by molar-refractivity contribution is 0.376. The lowest BCUT2D eigenvalue weighted by Gasteiger charge is -2.14. The molecule has 1 atom stereocenters. The molecule has 0 radical (unpaired) electrons. The van der Waals surface area contributed by atoms with Crippen LogP contribution in [-0.4, -0.2) is 51.8 Å². The van der Waals surface area contributed by atoms with Crippen molar-refractivity contribution in [2.24, 2.45) is 0 Å². The Labute approximate surface area is 206 Å². The van der Waals surface area contributed by atoms with Crippen molar-refractivity contribution in [1.29, 1.82) is 0 Å². The standard InChI is InChI=1S/C22H26N6O6P2/c1-2-23-22-26-20(25-16-6-8-18(9-7-16)35(30,31)14-36(32,33)34)19-21(27-22)28(13-24-19)11-10-15-4-3-5-17(29)12-15/h3-9,12-13,29H,2,10-11,14H2,1H3,(H,30,31)(H2,32,33,34)(H2,23,25,26,27). The van der Waals surface area contributed by atoms with Gasteiger partial charge >= 0.3 is 7.60 Å². The highest BCUT2D eigenvalue weighted by Crippen LogP contribution is 2.53. The predicted octanol–water partition coefficient (Wildman–Crippen LogP) is 2.98. The van der Waals surface area contributed by atoms with Gasteiger partial charge in [0.1, 0.15) is 11.7 Å². The van der Waals surface area contributed by atoms with Crippen molar-refractivity contribution in [3.8, 4) is 5.75 Å². The van der Waals surface area contributed by atoms with Crippen molar-refractivity contribution < 1.29 is 28.9 Å². The van der Waals surface area contributed by atoms with Crippen LogP contribution in [0.4, 0.5) is 17.5 Å². The number of imidazole rings is 1. The molecule has 0 aliphatic rings. The molecule has 12 nitrogen and oxygen atoms in total. The van der Waals surface area contributed by atoms with Gasteiger partial charge in [-0.2, -0.15) is 9.97 Å². The molecule has 2 aromatic heterocycles. The number of benzene rings is 2. The first-order valence-electron chi connectivity index (χ1n) is 11.0. The van der Waals surface area contributed by atoms with E-state index in [4.69, 9.17) is 9.79 Å². The van der Waals surface area contributed by atoms with Crippen molar-refractivity contribution >= 4 is 48.9 Å². The van der Waals surface area contributed by atoms with Gasteiger partial charge in [-0.05, 0) is 55.3 Å². The zero-order valence-electron chi connectivity index (χ0n) is 19.3. The Kier molecular flexibility index (Phi) is 7.44. The van der Waals surface area contributed by atoms with Gasteiger partial charge < -0.3 is 35.0 Å². The van der Waals surface area contributed by atoms with Gasteiger partial charge in [0.05, 0.1) is 6.33 Å². The molecule has 0 aliphatic heterocycles. The van der Waals surface area contributed by atoms with E-state index in [1.165, 1.54) is 24.3 Å². The maximum Gasteiger partial charge on any atom is 0.335 e. The summed E-state index contributed by atoms with van der Waals surface area (Å²) in [4.78, 5) is 41.8. The molecule has 6 N–H and O–H groups in total. The van der Waals surface area contributed by atoms with Crippen LogP contribution in [0.3, 0.4) is 0 Å². The monoisotopic (exact) mass is 532 g/mol. The maximum absolute atomic E-state index is 12.4. The van der Waals surface area contributed by atoms with Crippen molar-refractivity contribution in [3.05, 3.63) is 60.4 Å². The highest BCUT2D eigenvalue weighted by molar-refractivity contribution is 7.77. The fourth-order valence-corrected chi connectivity index (χ4v) is 6.91. The van der Waals surface area contributed by atoms with Crippen LogP contribution in [0.1, 0.15) is 12.5 Å². The number of hydrogen-bond acceptors (Lipinski definition) is 8. The smallest absolute Gasteiger partial charge is 0.335 e. The van der Waals surface area contributed by atoms with Crippen molar-refractivity contribution in [1.82, 2.24) is 19.5 Å². The van der Waals surface area contributed by atoms with Crippen LogP contribution in [0.15, 0.2) is 54.9 Å². The molecule has 0 fully saturated rings. The molecule has 0 saturated heterocycles. The normalized spacial score (nSPS) is 13.4. The van der Waals surface area contributed by atoms with E-state index in [-0.39, 0.29) is 11.1 Å². The maximum atomic E-state index is 12.4. The van der Waals surface area contributed by atoms with E-state index < -0.39 is 20.9 Å². The summed E-state index contributed by atoms with van der Waals surface area (Å²) in [6, 6.07) is 12.8. The number of aromatic hydroxyl groups is 1. The molecule has 4 rings (SSSR count). The number of nitrogens with one attached hydrogen (secondary N) is 2. The molecule has 1 unspecified atom stereocenters. The molecule has 190 valence electrons. The summed E-state index contributed by atoms with van der Waals surface area (Å²) in [6.07, 6.45) is 2.32. The third-order valence-electron chi connectivity index (χ3n) is 5.26. The molecule has 0 amide bonds. The summed E-state index contributed by atoms with van der Waals surface area (Å²) in [5.74, 6) is -0.103. The Morgan fingerprint density at radius 3 is 2.44 bits per heavy atom. The summed E-state index contributed by atoms with van der Waals surface area (Å²) in [5, 5.41) is 15.9. The van der Waals surface area contributed by atoms with Gasteiger partial charge in [0, 0.05) is 24.1 Å². The first-order valence-corrected chi connectivity index (χ1v) is 14.7. The van der Waals surface area contributed by atoms with E-state index in [1.54, 1.807) is 24.5 Å². The Morgan fingerprint density at radius 1 is 1.03 bits per heavy atom. The summed E-state index contributed by atoms with van der Waals surface area (Å²) in [7, 11) is -8.88. The molecule has 0 aliphatic carbocycles. The average molecular weight is 532 g/mol. The number of hydrogen-bond donors (Lipinski definition) is 6. The van der Waals surface area contributed by atoms with Gasteiger partial charge in [-0.15, -0.1) is 0 Å². The van der Waals surface area contributed by atoms with Gasteiger partial charge in [-0.25, -0.2) is 4.98 Å². The van der Waals surface area contributed by atoms with Crippen LogP contribution in [0.25, 0.3) is 11.2 Å². The first-order chi connectivity index (χ1) is 17.0. The third kappa shape index (κ3) is 6.29. The summed E-state index contributed by atoms with van der Waals surface area (Å²) in [5.41, 5.74) is 2.62. The Balaban J connectivity index is 1.60. The summed E-state index contributed by atoms with van der Waals surface area (Å²) in [6.45, 7) is 3.09. The number of fused-ring (bicyclic) bond motifs is 1. The van der Waals surface area contributed by atoms with Gasteiger partial charge in [0.15, 0.2) is 17.0 Å². The highest BCUT2D eigenvalue weighted by Gasteiger charge is 2.31. The number of rotatable bonds is 10. The molecule has 2 aromatic carbocycles. The molecule has 0 bridgehead atoms. The van der Waals surface area contributed by atoms with E-state index in [9.17, 15) is 19.1 Å². The van der Waals surface area contributed by atoms with Crippen molar-refractivity contribution in [2.75, 3.05) is 23.1 Å². The van der Waals surface area contributed by atoms with E-state index in [2.05, 4.69) is 25.6 Å². The Hall–Kier alpha value is -3.27. The number of phenols is 1. The molecule has 4 aromatic rings. The minimum Gasteiger partial charge on any atom is -0.508 e. The number of nitrogens with zero attached hydrogens (tertiary/aromatic N) is 4. The van der Waals surface area contributed by atoms with Gasteiger partial charge in [0.25, 0.3) is 0 Å². The van der Waals surface area contributed by atoms with Crippen molar-refractivity contribution in [3.63, 3.8) is 0 Å². The molecule has 36 heavy (non-hydrogen) atoms. The number of anilines is 3. The van der Waals surface area contributed by atoms with E-state index >= 15 is 0 Å². The minimum atomic E-state index is -4.66. The fraction of sp³-hybridized carbons (Fsp3) is 0.227. The van der Waals surface area contributed by atoms with Gasteiger partial charge in [-0.3, -0.25) is 9.13 Å². The average Bonchev–Trinajstić information content (AvgIpc) is 3.20. The Morgan fingerprint density at radius 2 is 1.78 bits per heavy atom. The summed E-state index contributed by atoms with van der Waals surface area (Å²) < 4.78 is 25.4. The largest absolute Gasteiger partial charge is 0.508 e. The minimum absolute atomic E-state index is 0.0613. The summed E-state index contributed by atoms with van der Waals surface area (Å²) >= 11 is 0. The SMILES string of the molecule is CCNc1nc(Nc2ccc(P(=O)(O)CP(=O)(O)O)cc2)c2ncn(CCc3cccc(O)c3)c2n1. The molecule has 2 heterocycles. The number of aromatic nitrogens is 4. The second-order valence-electron chi connectivity index (χ2n) is 8.14. The quantitative estimate of drug-likeness (QED) is 0.165. The molecular weight excluding hydrogens is 506 g/mol. The zero-order valence-corrected chi connectivity index (χ0v) is 21.1. The highest BCUT2D eigenvalue weighted by atomic mass is 31.2. The molecule has 14 heteroatoms. The second kappa shape index (κ2) is 10.4. The zero-order chi connectivity index (χ0) is 25.9. The topological polar surface area (TPSA) is 183 Å². The van der Waals surface area contributed by atoms with Crippen LogP contribution in [0.5, 0.6) is 5.75 Å². The first kappa shape index (κ1) is 25.8. The van der Waals surface area contributed by atoms with Gasteiger partial charge in [0.2, 0.25) is 13.3 Å². The van der Waals surface area contributed by atoms with Gasteiger partial charge in [-0.1, -0.05) is 12.1 Å². The lowest BCUT2D eigenvalue weighted by atomic mass is 10.1. The van der Waals surface area contributed by atoms with Crippen LogP contribution in [-0.2, 0) is 22.1 Å². The van der Waals surface area contributed by atoms with Crippen LogP contribution in [0.2, 0.25) is 0 Å². The molecule has 0 spiro atoms. The second-order valence-corrected chi connectivity index (χ2v) is 12.5. The predicted molar refractivity (Wildman–Crippen MR) is 137 cm³/mol. The number of phenolic OH excluding ortho intramolecular Hbond substituents is 1. The number of aryl methyl sites for hydroxylation is 2. The van der Waals surface area contributed by atoms with Crippen LogP contribution < -0.4 is 15.9 Å². The fourth-order valence-electron chi connectivity index (χ4n) is 3.64. The van der Waals surface area contributed by atoms with Crippen LogP contribution >= 0.6 is 15.0 Å². The molecular formula is C22H26N6O6P2. The van der Waals surface area contributed by atoms with E-state index in [0.29, 0.717) is 48.1 Å². The third-order valence-corrected chi connectivity index (χ3v) is 9.37.